The van der Waals surface area contributed by atoms with Gasteiger partial charge < -0.3 is 10.1 Å². The molecule has 1 aliphatic rings. The van der Waals surface area contributed by atoms with Gasteiger partial charge in [-0.2, -0.15) is 13.2 Å². The number of nitrogens with one attached hydrogen (secondary N) is 3. The quantitative estimate of drug-likeness (QED) is 0.743. The molecule has 1 aromatic heterocycles. The van der Waals surface area contributed by atoms with E-state index in [9.17, 15) is 18.0 Å². The fraction of sp³-hybridized carbons (Fsp3) is 0.333. The van der Waals surface area contributed by atoms with E-state index in [1.165, 1.54) is 18.3 Å². The van der Waals surface area contributed by atoms with Crippen molar-refractivity contribution in [2.24, 2.45) is 0 Å². The van der Waals surface area contributed by atoms with Gasteiger partial charge in [-0.1, -0.05) is 18.2 Å². The summed E-state index contributed by atoms with van der Waals surface area (Å²) in [7, 11) is 1.55. The minimum Gasteiger partial charge on any atom is -0.497 e. The van der Waals surface area contributed by atoms with E-state index in [0.29, 0.717) is 12.2 Å². The van der Waals surface area contributed by atoms with Crippen LogP contribution in [0.1, 0.15) is 29.6 Å². The van der Waals surface area contributed by atoms with Gasteiger partial charge in [-0.3, -0.25) is 9.78 Å². The predicted molar refractivity (Wildman–Crippen MR) is 91.6 cm³/mol. The molecule has 1 aliphatic heterocycles. The molecule has 0 saturated carbocycles. The molecule has 0 bridgehead atoms. The molecule has 1 amide bonds. The lowest BCUT2D eigenvalue weighted by molar-refractivity contribution is -0.164. The summed E-state index contributed by atoms with van der Waals surface area (Å²) in [6.07, 6.45) is -1.86. The molecule has 0 spiro atoms. The van der Waals surface area contributed by atoms with Crippen molar-refractivity contribution in [2.75, 3.05) is 7.11 Å². The van der Waals surface area contributed by atoms with Gasteiger partial charge in [0.1, 0.15) is 11.8 Å². The summed E-state index contributed by atoms with van der Waals surface area (Å²) in [5.41, 5.74) is 6.47. The molecule has 0 radical (unpaired) electrons. The molecule has 144 valence electrons. The number of amides is 1. The summed E-state index contributed by atoms with van der Waals surface area (Å²) in [5, 5.41) is 2.08. The van der Waals surface area contributed by atoms with Crippen LogP contribution in [0.2, 0.25) is 0 Å². The van der Waals surface area contributed by atoms with Gasteiger partial charge >= 0.3 is 6.18 Å². The van der Waals surface area contributed by atoms with Gasteiger partial charge in [-0.05, 0) is 30.2 Å². The molecular formula is C18H19F3N4O2. The van der Waals surface area contributed by atoms with Crippen molar-refractivity contribution in [3.8, 4) is 5.75 Å². The van der Waals surface area contributed by atoms with E-state index >= 15 is 0 Å². The molecule has 3 unspecified atom stereocenters. The Balaban J connectivity index is 1.69. The van der Waals surface area contributed by atoms with Crippen LogP contribution in [0.4, 0.5) is 13.2 Å². The molecule has 3 rings (SSSR count). The largest absolute Gasteiger partial charge is 0.497 e. The zero-order valence-electron chi connectivity index (χ0n) is 14.5. The van der Waals surface area contributed by atoms with Gasteiger partial charge in [0.25, 0.3) is 0 Å². The van der Waals surface area contributed by atoms with Crippen LogP contribution in [0.25, 0.3) is 0 Å². The number of hydrazine groups is 1. The van der Waals surface area contributed by atoms with Crippen molar-refractivity contribution in [3.05, 3.63) is 59.9 Å². The van der Waals surface area contributed by atoms with Crippen LogP contribution in [0.5, 0.6) is 5.75 Å². The van der Waals surface area contributed by atoms with Crippen LogP contribution >= 0.6 is 0 Å². The number of ether oxygens (including phenoxy) is 1. The van der Waals surface area contributed by atoms with Crippen LogP contribution in [0, 0.1) is 0 Å². The van der Waals surface area contributed by atoms with Crippen LogP contribution in [0.3, 0.4) is 0 Å². The molecule has 3 N–H and O–H groups in total. The van der Waals surface area contributed by atoms with Crippen molar-refractivity contribution < 1.29 is 22.7 Å². The number of rotatable bonds is 5. The maximum Gasteiger partial charge on any atom is 0.412 e. The SMILES string of the molecule is COc1cccc(C2CC(C(=O)NC(c3cccnc3)C(F)(F)F)NN2)c1. The van der Waals surface area contributed by atoms with Crippen molar-refractivity contribution in [1.82, 2.24) is 21.2 Å². The summed E-state index contributed by atoms with van der Waals surface area (Å²) in [6, 6.07) is 6.81. The maximum atomic E-state index is 13.4. The van der Waals surface area contributed by atoms with E-state index in [-0.39, 0.29) is 11.6 Å². The molecule has 1 aromatic carbocycles. The predicted octanol–water partition coefficient (Wildman–Crippen LogP) is 2.42. The van der Waals surface area contributed by atoms with Gasteiger partial charge in [0.05, 0.1) is 7.11 Å². The fourth-order valence-corrected chi connectivity index (χ4v) is 2.95. The van der Waals surface area contributed by atoms with E-state index in [0.717, 1.165) is 11.8 Å². The normalized spacial score (nSPS) is 20.9. The first-order valence-electron chi connectivity index (χ1n) is 8.30. The Bertz CT molecular complexity index is 786. The van der Waals surface area contributed by atoms with Crippen molar-refractivity contribution in [2.45, 2.75) is 30.7 Å². The number of hydrogen-bond acceptors (Lipinski definition) is 5. The summed E-state index contributed by atoms with van der Waals surface area (Å²) >= 11 is 0. The second kappa shape index (κ2) is 7.93. The molecule has 27 heavy (non-hydrogen) atoms. The molecule has 2 heterocycles. The minimum atomic E-state index is -4.63. The highest BCUT2D eigenvalue weighted by Gasteiger charge is 2.43. The van der Waals surface area contributed by atoms with Crippen molar-refractivity contribution in [1.29, 1.82) is 0 Å². The standard InChI is InChI=1S/C18H19F3N4O2/c1-27-13-6-2-4-11(8-13)14-9-15(25-24-14)17(26)23-16(18(19,20)21)12-5-3-7-22-10-12/h2-8,10,14-16,24-25H,9H2,1H3,(H,23,26). The average Bonchev–Trinajstić information content (AvgIpc) is 3.16. The first kappa shape index (κ1) is 19.1. The summed E-state index contributed by atoms with van der Waals surface area (Å²) in [5.74, 6) is -0.0741. The molecule has 0 aliphatic carbocycles. The molecule has 3 atom stereocenters. The number of methoxy groups -OCH3 is 1. The van der Waals surface area contributed by atoms with Gasteiger partial charge in [-0.25, -0.2) is 10.9 Å². The Morgan fingerprint density at radius 3 is 2.78 bits per heavy atom. The Hall–Kier alpha value is -2.65. The van der Waals surface area contributed by atoms with Crippen molar-refractivity contribution in [3.63, 3.8) is 0 Å². The maximum absolute atomic E-state index is 13.4. The van der Waals surface area contributed by atoms with Crippen LogP contribution < -0.4 is 20.9 Å². The van der Waals surface area contributed by atoms with Crippen LogP contribution in [-0.4, -0.2) is 30.2 Å². The highest BCUT2D eigenvalue weighted by Crippen LogP contribution is 2.33. The highest BCUT2D eigenvalue weighted by atomic mass is 19.4. The zero-order valence-corrected chi connectivity index (χ0v) is 14.5. The molecular weight excluding hydrogens is 361 g/mol. The van der Waals surface area contributed by atoms with E-state index in [1.807, 2.05) is 18.2 Å². The van der Waals surface area contributed by atoms with Crippen molar-refractivity contribution >= 4 is 5.91 Å². The number of halogens is 3. The number of carbonyl (C=O) groups is 1. The smallest absolute Gasteiger partial charge is 0.412 e. The van der Waals surface area contributed by atoms with Gasteiger partial charge in [0, 0.05) is 24.0 Å². The van der Waals surface area contributed by atoms with E-state index in [1.54, 1.807) is 13.2 Å². The summed E-state index contributed by atoms with van der Waals surface area (Å²) in [6.45, 7) is 0. The molecule has 1 fully saturated rings. The third kappa shape index (κ3) is 4.55. The summed E-state index contributed by atoms with van der Waals surface area (Å²) in [4.78, 5) is 16.1. The number of hydrogen-bond donors (Lipinski definition) is 3. The first-order valence-corrected chi connectivity index (χ1v) is 8.30. The van der Waals surface area contributed by atoms with Crippen LogP contribution in [0.15, 0.2) is 48.8 Å². The second-order valence-corrected chi connectivity index (χ2v) is 6.18. The topological polar surface area (TPSA) is 75.3 Å². The zero-order chi connectivity index (χ0) is 19.4. The third-order valence-corrected chi connectivity index (χ3v) is 4.35. The highest BCUT2D eigenvalue weighted by molar-refractivity contribution is 5.82. The van der Waals surface area contributed by atoms with E-state index in [4.69, 9.17) is 4.74 Å². The number of pyridine rings is 1. The number of alkyl halides is 3. The average molecular weight is 380 g/mol. The number of benzene rings is 1. The van der Waals surface area contributed by atoms with Gasteiger partial charge in [0.2, 0.25) is 5.91 Å². The van der Waals surface area contributed by atoms with Gasteiger partial charge in [-0.15, -0.1) is 0 Å². The molecule has 6 nitrogen and oxygen atoms in total. The lowest BCUT2D eigenvalue weighted by Gasteiger charge is -2.23. The Morgan fingerprint density at radius 1 is 1.30 bits per heavy atom. The van der Waals surface area contributed by atoms with Crippen LogP contribution in [-0.2, 0) is 4.79 Å². The Labute approximate surface area is 154 Å². The molecule has 2 aromatic rings. The Morgan fingerprint density at radius 2 is 2.11 bits per heavy atom. The van der Waals surface area contributed by atoms with E-state index in [2.05, 4.69) is 21.2 Å². The fourth-order valence-electron chi connectivity index (χ4n) is 2.95. The number of nitrogens with zero attached hydrogens (tertiary/aromatic N) is 1. The first-order chi connectivity index (χ1) is 12.9. The molecule has 9 heteroatoms. The number of carbonyl (C=O) groups excluding carboxylic acids is 1. The number of aromatic nitrogens is 1. The van der Waals surface area contributed by atoms with Gasteiger partial charge in [0.15, 0.2) is 6.04 Å². The molecule has 1 saturated heterocycles. The third-order valence-electron chi connectivity index (χ3n) is 4.35. The lowest BCUT2D eigenvalue weighted by atomic mass is 10.0. The minimum absolute atomic E-state index is 0.117. The van der Waals surface area contributed by atoms with E-state index < -0.39 is 24.2 Å². The lowest BCUT2D eigenvalue weighted by Crippen LogP contribution is -2.47. The monoisotopic (exact) mass is 380 g/mol. The Kier molecular flexibility index (Phi) is 5.62. The summed E-state index contributed by atoms with van der Waals surface area (Å²) < 4.78 is 45.3. The second-order valence-electron chi connectivity index (χ2n) is 6.18.